The molecule has 1 amide bonds. The van der Waals surface area contributed by atoms with E-state index in [4.69, 9.17) is 16.3 Å². The van der Waals surface area contributed by atoms with Gasteiger partial charge >= 0.3 is 0 Å². The number of rotatable bonds is 3. The van der Waals surface area contributed by atoms with Crippen LogP contribution >= 0.6 is 11.6 Å². The van der Waals surface area contributed by atoms with Crippen LogP contribution in [0.5, 0.6) is 5.75 Å². The molecule has 0 saturated carbocycles. The predicted octanol–water partition coefficient (Wildman–Crippen LogP) is 2.96. The van der Waals surface area contributed by atoms with Crippen LogP contribution in [0.1, 0.15) is 11.1 Å². The van der Waals surface area contributed by atoms with Crippen molar-refractivity contribution in [1.29, 1.82) is 0 Å². The number of ether oxygens (including phenoxy) is 1. The fraction of sp³-hybridized carbons (Fsp3) is 0.188. The zero-order chi connectivity index (χ0) is 13.9. The van der Waals surface area contributed by atoms with Crippen LogP contribution in [0.4, 0.5) is 0 Å². The summed E-state index contributed by atoms with van der Waals surface area (Å²) in [6.07, 6.45) is 0.197. The van der Waals surface area contributed by atoms with Gasteiger partial charge in [-0.05, 0) is 29.3 Å². The Balaban J connectivity index is 1.57. The lowest BCUT2D eigenvalue weighted by Crippen LogP contribution is -2.36. The molecule has 0 bridgehead atoms. The van der Waals surface area contributed by atoms with E-state index in [0.717, 1.165) is 16.9 Å². The second-order valence-corrected chi connectivity index (χ2v) is 5.20. The van der Waals surface area contributed by atoms with Gasteiger partial charge in [0.2, 0.25) is 0 Å². The van der Waals surface area contributed by atoms with Crippen molar-refractivity contribution in [3.05, 3.63) is 64.7 Å². The highest BCUT2D eigenvalue weighted by molar-refractivity contribution is 6.30. The van der Waals surface area contributed by atoms with Gasteiger partial charge in [-0.15, -0.1) is 0 Å². The van der Waals surface area contributed by atoms with Crippen LogP contribution < -0.4 is 10.1 Å². The van der Waals surface area contributed by atoms with Crippen molar-refractivity contribution in [2.24, 2.45) is 0 Å². The van der Waals surface area contributed by atoms with Crippen LogP contribution in [0.3, 0.4) is 0 Å². The molecule has 0 fully saturated rings. The lowest BCUT2D eigenvalue weighted by molar-refractivity contribution is -0.127. The van der Waals surface area contributed by atoms with E-state index >= 15 is 0 Å². The molecule has 1 atom stereocenters. The molecule has 3 nitrogen and oxygen atoms in total. The van der Waals surface area contributed by atoms with Crippen molar-refractivity contribution in [3.8, 4) is 5.75 Å². The van der Waals surface area contributed by atoms with E-state index in [-0.39, 0.29) is 5.91 Å². The zero-order valence-corrected chi connectivity index (χ0v) is 11.6. The number of nitrogens with one attached hydrogen (secondary N) is 1. The number of para-hydroxylation sites is 1. The molecule has 3 rings (SSSR count). The number of carbonyl (C=O) groups excluding carboxylic acids is 1. The molecule has 1 unspecified atom stereocenters. The normalized spacial score (nSPS) is 16.4. The van der Waals surface area contributed by atoms with E-state index in [1.807, 2.05) is 48.5 Å². The summed E-state index contributed by atoms with van der Waals surface area (Å²) < 4.78 is 5.64. The third kappa shape index (κ3) is 2.78. The second-order valence-electron chi connectivity index (χ2n) is 4.76. The molecule has 1 heterocycles. The first-order valence-electron chi connectivity index (χ1n) is 6.49. The highest BCUT2D eigenvalue weighted by Gasteiger charge is 2.28. The molecular weight excluding hydrogens is 274 g/mol. The number of hydrogen-bond donors (Lipinski definition) is 1. The molecule has 102 valence electrons. The van der Waals surface area contributed by atoms with Gasteiger partial charge in [0.1, 0.15) is 5.75 Å². The highest BCUT2D eigenvalue weighted by atomic mass is 35.5. The molecule has 2 aromatic rings. The van der Waals surface area contributed by atoms with E-state index in [1.165, 1.54) is 0 Å². The molecule has 0 aliphatic carbocycles. The van der Waals surface area contributed by atoms with Gasteiger partial charge in [0.05, 0.1) is 0 Å². The third-order valence-electron chi connectivity index (χ3n) is 3.32. The number of halogens is 1. The summed E-state index contributed by atoms with van der Waals surface area (Å²) >= 11 is 5.82. The largest absolute Gasteiger partial charge is 0.480 e. The van der Waals surface area contributed by atoms with Crippen LogP contribution in [0, 0.1) is 0 Å². The first-order valence-corrected chi connectivity index (χ1v) is 6.87. The topological polar surface area (TPSA) is 38.3 Å². The Morgan fingerprint density at radius 3 is 2.70 bits per heavy atom. The maximum Gasteiger partial charge on any atom is 0.261 e. The average molecular weight is 288 g/mol. The van der Waals surface area contributed by atoms with Crippen LogP contribution in [-0.2, 0) is 17.8 Å². The molecule has 0 aromatic heterocycles. The summed E-state index contributed by atoms with van der Waals surface area (Å²) in [5.41, 5.74) is 2.09. The van der Waals surface area contributed by atoms with Gasteiger partial charge in [-0.1, -0.05) is 41.9 Å². The Hall–Kier alpha value is -2.00. The second kappa shape index (κ2) is 5.55. The fourth-order valence-electron chi connectivity index (χ4n) is 2.23. The van der Waals surface area contributed by atoms with Crippen LogP contribution in [0.15, 0.2) is 48.5 Å². The minimum absolute atomic E-state index is 0.0869. The maximum absolute atomic E-state index is 12.1. The molecule has 0 saturated heterocycles. The minimum Gasteiger partial charge on any atom is -0.480 e. The Morgan fingerprint density at radius 2 is 1.95 bits per heavy atom. The van der Waals surface area contributed by atoms with Gasteiger partial charge in [-0.2, -0.15) is 0 Å². The number of hydrogen-bond acceptors (Lipinski definition) is 2. The predicted molar refractivity (Wildman–Crippen MR) is 77.9 cm³/mol. The summed E-state index contributed by atoms with van der Waals surface area (Å²) in [4.78, 5) is 12.1. The monoisotopic (exact) mass is 287 g/mol. The maximum atomic E-state index is 12.1. The van der Waals surface area contributed by atoms with E-state index in [0.29, 0.717) is 18.0 Å². The van der Waals surface area contributed by atoms with Crippen molar-refractivity contribution in [1.82, 2.24) is 5.32 Å². The number of carbonyl (C=O) groups is 1. The standard InChI is InChI=1S/C16H14ClNO2/c17-13-7-5-11(6-8-13)10-18-16(19)15-9-12-3-1-2-4-14(12)20-15/h1-8,15H,9-10H2,(H,18,19). The van der Waals surface area contributed by atoms with Gasteiger partial charge in [-0.25, -0.2) is 0 Å². The Kier molecular flexibility index (Phi) is 3.61. The van der Waals surface area contributed by atoms with Crippen molar-refractivity contribution < 1.29 is 9.53 Å². The van der Waals surface area contributed by atoms with Crippen LogP contribution in [0.25, 0.3) is 0 Å². The quantitative estimate of drug-likeness (QED) is 0.942. The molecule has 4 heteroatoms. The van der Waals surface area contributed by atoms with E-state index < -0.39 is 6.10 Å². The summed E-state index contributed by atoms with van der Waals surface area (Å²) in [6, 6.07) is 15.2. The molecule has 2 aromatic carbocycles. The smallest absolute Gasteiger partial charge is 0.261 e. The van der Waals surface area contributed by atoms with Gasteiger partial charge in [0, 0.05) is 18.0 Å². The first kappa shape index (κ1) is 13.0. The van der Waals surface area contributed by atoms with Crippen LogP contribution in [0.2, 0.25) is 5.02 Å². The minimum atomic E-state index is -0.431. The molecule has 1 aliphatic heterocycles. The molecule has 20 heavy (non-hydrogen) atoms. The molecule has 1 aliphatic rings. The molecular formula is C16H14ClNO2. The van der Waals surface area contributed by atoms with E-state index in [9.17, 15) is 4.79 Å². The van der Waals surface area contributed by atoms with Gasteiger partial charge < -0.3 is 10.1 Å². The zero-order valence-electron chi connectivity index (χ0n) is 10.8. The Labute approximate surface area is 122 Å². The van der Waals surface area contributed by atoms with Gasteiger partial charge in [0.25, 0.3) is 5.91 Å². The van der Waals surface area contributed by atoms with Gasteiger partial charge in [-0.3, -0.25) is 4.79 Å². The first-order chi connectivity index (χ1) is 9.72. The van der Waals surface area contributed by atoms with Crippen molar-refractivity contribution >= 4 is 17.5 Å². The molecule has 1 N–H and O–H groups in total. The Morgan fingerprint density at radius 1 is 1.20 bits per heavy atom. The number of benzene rings is 2. The lowest BCUT2D eigenvalue weighted by Gasteiger charge is -2.11. The number of fused-ring (bicyclic) bond motifs is 1. The molecule has 0 spiro atoms. The summed E-state index contributed by atoms with van der Waals surface area (Å²) in [6.45, 7) is 0.478. The van der Waals surface area contributed by atoms with Gasteiger partial charge in [0.15, 0.2) is 6.10 Å². The summed E-state index contributed by atoms with van der Waals surface area (Å²) in [5, 5.41) is 3.58. The average Bonchev–Trinajstić information content (AvgIpc) is 2.90. The van der Waals surface area contributed by atoms with Crippen molar-refractivity contribution in [2.45, 2.75) is 19.1 Å². The summed E-state index contributed by atoms with van der Waals surface area (Å²) in [7, 11) is 0. The van der Waals surface area contributed by atoms with E-state index in [1.54, 1.807) is 0 Å². The Bertz CT molecular complexity index is 600. The number of amides is 1. The van der Waals surface area contributed by atoms with E-state index in [2.05, 4.69) is 5.32 Å². The highest BCUT2D eigenvalue weighted by Crippen LogP contribution is 2.28. The molecule has 0 radical (unpaired) electrons. The summed E-state index contributed by atoms with van der Waals surface area (Å²) in [5.74, 6) is 0.718. The third-order valence-corrected chi connectivity index (χ3v) is 3.57. The van der Waals surface area contributed by atoms with Crippen molar-refractivity contribution in [2.75, 3.05) is 0 Å². The lowest BCUT2D eigenvalue weighted by atomic mass is 10.1. The SMILES string of the molecule is O=C(NCc1ccc(Cl)cc1)C1Cc2ccccc2O1. The van der Waals surface area contributed by atoms with Crippen LogP contribution in [-0.4, -0.2) is 12.0 Å². The fourth-order valence-corrected chi connectivity index (χ4v) is 2.36. The van der Waals surface area contributed by atoms with Crippen molar-refractivity contribution in [3.63, 3.8) is 0 Å².